The molecular formula is C3H10NO2S+. The number of hydrogen-bond donors (Lipinski definition) is 3. The van der Waals surface area contributed by atoms with Gasteiger partial charge in [0.2, 0.25) is 0 Å². The highest BCUT2D eigenvalue weighted by Gasteiger charge is 2.06. The Morgan fingerprint density at radius 1 is 1.43 bits per heavy atom. The predicted molar refractivity (Wildman–Crippen MR) is 31.2 cm³/mol. The van der Waals surface area contributed by atoms with E-state index in [0.717, 1.165) is 0 Å². The average molecular weight is 124 g/mol. The summed E-state index contributed by atoms with van der Waals surface area (Å²) in [5.74, 6) is 0.413. The highest BCUT2D eigenvalue weighted by Crippen LogP contribution is 1.83. The van der Waals surface area contributed by atoms with Crippen LogP contribution in [0.3, 0.4) is 0 Å². The molecule has 0 saturated heterocycles. The van der Waals surface area contributed by atoms with E-state index in [4.69, 9.17) is 14.8 Å². The predicted octanol–water partition coefficient (Wildman–Crippen LogP) is -0.100. The minimum atomic E-state index is -1.40. The van der Waals surface area contributed by atoms with E-state index in [9.17, 15) is 0 Å². The van der Waals surface area contributed by atoms with Crippen molar-refractivity contribution in [1.82, 2.24) is 0 Å². The zero-order chi connectivity index (χ0) is 5.70. The quantitative estimate of drug-likeness (QED) is 0.460. The summed E-state index contributed by atoms with van der Waals surface area (Å²) in [5.41, 5.74) is 5.06. The zero-order valence-corrected chi connectivity index (χ0v) is 4.82. The maximum absolute atomic E-state index is 8.21. The van der Waals surface area contributed by atoms with Crippen molar-refractivity contribution < 1.29 is 9.11 Å². The Balaban J connectivity index is 2.68. The van der Waals surface area contributed by atoms with Crippen LogP contribution in [-0.4, -0.2) is 21.4 Å². The lowest BCUT2D eigenvalue weighted by molar-refractivity contribution is 0.503. The molecule has 0 heterocycles. The van der Waals surface area contributed by atoms with Crippen LogP contribution >= 0.6 is 0 Å². The van der Waals surface area contributed by atoms with Crippen molar-refractivity contribution in [2.75, 3.05) is 12.3 Å². The van der Waals surface area contributed by atoms with Gasteiger partial charge < -0.3 is 5.73 Å². The van der Waals surface area contributed by atoms with Crippen molar-refractivity contribution in [1.29, 1.82) is 0 Å². The van der Waals surface area contributed by atoms with Gasteiger partial charge in [0.15, 0.2) is 5.75 Å². The monoisotopic (exact) mass is 124 g/mol. The standard InChI is InChI=1S/C3H10NO2S/c4-2-1-3-7(5)6/h5-6H,1-4H2/q+1. The molecule has 0 aliphatic carbocycles. The van der Waals surface area contributed by atoms with Gasteiger partial charge in [0.05, 0.1) is 0 Å². The van der Waals surface area contributed by atoms with Crippen LogP contribution < -0.4 is 5.73 Å². The second-order valence-corrected chi connectivity index (χ2v) is 2.27. The summed E-state index contributed by atoms with van der Waals surface area (Å²) in [6.07, 6.45) is 0.691. The fourth-order valence-corrected chi connectivity index (χ4v) is 0.637. The molecule has 7 heavy (non-hydrogen) atoms. The molecular weight excluding hydrogens is 114 g/mol. The summed E-state index contributed by atoms with van der Waals surface area (Å²) >= 11 is -1.40. The number of nitrogens with two attached hydrogens (primary N) is 1. The molecule has 0 aliphatic rings. The van der Waals surface area contributed by atoms with Crippen LogP contribution in [0.5, 0.6) is 0 Å². The first-order valence-corrected chi connectivity index (χ1v) is 3.37. The van der Waals surface area contributed by atoms with E-state index in [1.165, 1.54) is 0 Å². The maximum atomic E-state index is 8.21. The Bertz CT molecular complexity index is 41.9. The van der Waals surface area contributed by atoms with Crippen LogP contribution in [0, 0.1) is 0 Å². The van der Waals surface area contributed by atoms with Gasteiger partial charge in [-0.25, -0.2) is 0 Å². The van der Waals surface area contributed by atoms with E-state index in [2.05, 4.69) is 0 Å². The average Bonchev–Trinajstić information content (AvgIpc) is 1.61. The van der Waals surface area contributed by atoms with Crippen molar-refractivity contribution in [2.24, 2.45) is 5.73 Å². The smallest absolute Gasteiger partial charge is 0.309 e. The molecule has 0 spiro atoms. The Morgan fingerprint density at radius 2 is 2.00 bits per heavy atom. The molecule has 0 radical (unpaired) electrons. The third kappa shape index (κ3) is 6.23. The van der Waals surface area contributed by atoms with Crippen LogP contribution in [0.1, 0.15) is 6.42 Å². The topological polar surface area (TPSA) is 66.5 Å². The van der Waals surface area contributed by atoms with Crippen molar-refractivity contribution >= 4 is 11.5 Å². The first kappa shape index (κ1) is 7.23. The number of rotatable bonds is 3. The molecule has 0 rings (SSSR count). The first-order chi connectivity index (χ1) is 3.27. The van der Waals surface area contributed by atoms with E-state index in [1.807, 2.05) is 0 Å². The molecule has 4 heteroatoms. The molecule has 0 amide bonds. The Labute approximate surface area is 45.9 Å². The number of hydrogen-bond acceptors (Lipinski definition) is 3. The van der Waals surface area contributed by atoms with Gasteiger partial charge in [0.25, 0.3) is 0 Å². The minimum Gasteiger partial charge on any atom is -0.330 e. The van der Waals surface area contributed by atoms with E-state index in [0.29, 0.717) is 18.7 Å². The van der Waals surface area contributed by atoms with Gasteiger partial charge in [-0.1, -0.05) is 0 Å². The molecule has 0 aliphatic heterocycles. The van der Waals surface area contributed by atoms with Crippen molar-refractivity contribution in [3.63, 3.8) is 0 Å². The third-order valence-corrected chi connectivity index (χ3v) is 1.18. The van der Waals surface area contributed by atoms with Crippen LogP contribution in [0.4, 0.5) is 0 Å². The van der Waals surface area contributed by atoms with E-state index < -0.39 is 11.5 Å². The normalized spacial score (nSPS) is 10.3. The van der Waals surface area contributed by atoms with Crippen LogP contribution in [0.2, 0.25) is 0 Å². The fourth-order valence-electron chi connectivity index (χ4n) is 0.212. The molecule has 0 atom stereocenters. The minimum absolute atomic E-state index is 0.413. The van der Waals surface area contributed by atoms with Gasteiger partial charge in [-0.2, -0.15) is 9.11 Å². The lowest BCUT2D eigenvalue weighted by atomic mass is 10.5. The third-order valence-electron chi connectivity index (χ3n) is 0.531. The highest BCUT2D eigenvalue weighted by molar-refractivity contribution is 7.85. The SMILES string of the molecule is NCCC[S+](O)O. The van der Waals surface area contributed by atoms with Crippen LogP contribution in [-0.2, 0) is 11.5 Å². The van der Waals surface area contributed by atoms with Crippen molar-refractivity contribution in [3.05, 3.63) is 0 Å². The maximum Gasteiger partial charge on any atom is 0.309 e. The van der Waals surface area contributed by atoms with Gasteiger partial charge in [-0.3, -0.25) is 0 Å². The molecule has 3 nitrogen and oxygen atoms in total. The molecule has 0 aromatic heterocycles. The summed E-state index contributed by atoms with van der Waals surface area (Å²) in [4.78, 5) is 0. The second-order valence-electron chi connectivity index (χ2n) is 1.19. The van der Waals surface area contributed by atoms with Gasteiger partial charge >= 0.3 is 11.5 Å². The molecule has 0 fully saturated rings. The first-order valence-electron chi connectivity index (χ1n) is 2.06. The molecule has 0 aromatic carbocycles. The summed E-state index contributed by atoms with van der Waals surface area (Å²) in [7, 11) is 0. The molecule has 0 bridgehead atoms. The summed E-state index contributed by atoms with van der Waals surface area (Å²) in [5, 5.41) is 0. The zero-order valence-electron chi connectivity index (χ0n) is 4.00. The summed E-state index contributed by atoms with van der Waals surface area (Å²) < 4.78 is 16.4. The van der Waals surface area contributed by atoms with E-state index >= 15 is 0 Å². The molecule has 0 saturated carbocycles. The second kappa shape index (κ2) is 4.39. The largest absolute Gasteiger partial charge is 0.330 e. The fraction of sp³-hybridized carbons (Fsp3) is 1.00. The molecule has 0 unspecified atom stereocenters. The Kier molecular flexibility index (Phi) is 4.53. The summed E-state index contributed by atoms with van der Waals surface area (Å²) in [6, 6.07) is 0. The lowest BCUT2D eigenvalue weighted by Gasteiger charge is -1.84. The molecule has 4 N–H and O–H groups in total. The van der Waals surface area contributed by atoms with Crippen LogP contribution in [0.15, 0.2) is 0 Å². The Morgan fingerprint density at radius 3 is 2.14 bits per heavy atom. The van der Waals surface area contributed by atoms with Crippen LogP contribution in [0.25, 0.3) is 0 Å². The summed E-state index contributed by atoms with van der Waals surface area (Å²) in [6.45, 7) is 0.532. The van der Waals surface area contributed by atoms with Crippen molar-refractivity contribution in [3.8, 4) is 0 Å². The van der Waals surface area contributed by atoms with Gasteiger partial charge in [0, 0.05) is 6.42 Å². The molecule has 44 valence electrons. The van der Waals surface area contributed by atoms with Gasteiger partial charge in [-0.05, 0) is 6.54 Å². The van der Waals surface area contributed by atoms with E-state index in [-0.39, 0.29) is 0 Å². The van der Waals surface area contributed by atoms with Crippen molar-refractivity contribution in [2.45, 2.75) is 6.42 Å². The van der Waals surface area contributed by atoms with E-state index in [1.54, 1.807) is 0 Å². The lowest BCUT2D eigenvalue weighted by Crippen LogP contribution is -2.09. The van der Waals surface area contributed by atoms with Gasteiger partial charge in [0.1, 0.15) is 0 Å². The highest BCUT2D eigenvalue weighted by atomic mass is 32.2. The Hall–Kier alpha value is 0.230. The molecule has 0 aromatic rings. The van der Waals surface area contributed by atoms with Gasteiger partial charge in [-0.15, -0.1) is 0 Å².